The maximum absolute atomic E-state index is 2.47. The normalized spacial score (nSPS) is 11.8. The van der Waals surface area contributed by atoms with Crippen LogP contribution in [0.3, 0.4) is 0 Å². The minimum absolute atomic E-state index is 1.08. The quantitative estimate of drug-likeness (QED) is 0.114. The molecule has 0 aliphatic carbocycles. The number of fused-ring (bicyclic) bond motifs is 14. The molecular formula is C108H70N4. The molecule has 522 valence electrons. The Morgan fingerprint density at radius 2 is 0.500 bits per heavy atom. The second kappa shape index (κ2) is 26.5. The first-order valence-electron chi connectivity index (χ1n) is 38.6. The minimum atomic E-state index is 1.08. The standard InChI is InChI=1S/C108H70N4/c1-2-24-89(25-3-1)109(91-56-45-80(46-57-91)98-30-15-21-77-17-6-9-26-97(77)98)90-50-38-73(39-51-90)84-34-33-76-44-60-96(69-88(76)66-84)112-104-61-49-86(70-102(104)108-100-28-11-8-19-79(100)48-63-106(108)112)82-23-14-22-81(64-82)72-36-52-92(53-37-72)110(94-58-42-71-16-4-5-20-83(71)67-94)93-54-40-74(41-55-93)85-35-32-75-43-59-95(68-87(75)65-85)111-103-31-13-12-29-101(103)107-99-27-10-7-18-78(99)47-62-105(107)111/h1-70H. The Morgan fingerprint density at radius 3 is 1.08 bits per heavy atom. The first kappa shape index (κ1) is 64.3. The van der Waals surface area contributed by atoms with Gasteiger partial charge in [0, 0.05) is 67.0 Å². The van der Waals surface area contributed by atoms with Crippen LogP contribution in [-0.2, 0) is 0 Å². The molecule has 0 aliphatic heterocycles. The maximum atomic E-state index is 2.47. The highest BCUT2D eigenvalue weighted by Crippen LogP contribution is 2.45. The Morgan fingerprint density at radius 1 is 0.152 bits per heavy atom. The summed E-state index contributed by atoms with van der Waals surface area (Å²) in [4.78, 5) is 4.73. The third-order valence-electron chi connectivity index (χ3n) is 23.2. The van der Waals surface area contributed by atoms with E-state index >= 15 is 0 Å². The summed E-state index contributed by atoms with van der Waals surface area (Å²) in [6, 6.07) is 157. The number of anilines is 6. The van der Waals surface area contributed by atoms with Gasteiger partial charge in [-0.05, 0) is 266 Å². The average molecular weight is 1420 g/mol. The predicted molar refractivity (Wildman–Crippen MR) is 477 cm³/mol. The summed E-state index contributed by atoms with van der Waals surface area (Å²) in [5, 5.41) is 19.7. The number of hydrogen-bond donors (Lipinski definition) is 0. The van der Waals surface area contributed by atoms with Crippen LogP contribution in [0, 0.1) is 0 Å². The van der Waals surface area contributed by atoms with Gasteiger partial charge in [-0.15, -0.1) is 0 Å². The van der Waals surface area contributed by atoms with Gasteiger partial charge in [-0.3, -0.25) is 0 Å². The van der Waals surface area contributed by atoms with Crippen molar-refractivity contribution in [3.8, 4) is 67.0 Å². The lowest BCUT2D eigenvalue weighted by Gasteiger charge is -2.26. The molecule has 0 atom stereocenters. The summed E-state index contributed by atoms with van der Waals surface area (Å²) in [5.74, 6) is 0. The Bertz CT molecular complexity index is 7470. The van der Waals surface area contributed by atoms with Gasteiger partial charge in [0.25, 0.3) is 0 Å². The van der Waals surface area contributed by atoms with E-state index in [0.29, 0.717) is 0 Å². The molecule has 112 heavy (non-hydrogen) atoms. The highest BCUT2D eigenvalue weighted by Gasteiger charge is 2.22. The van der Waals surface area contributed by atoms with Crippen molar-refractivity contribution in [1.29, 1.82) is 0 Å². The lowest BCUT2D eigenvalue weighted by atomic mass is 9.97. The molecule has 0 N–H and O–H groups in total. The van der Waals surface area contributed by atoms with Crippen molar-refractivity contribution in [3.05, 3.63) is 425 Å². The summed E-state index contributed by atoms with van der Waals surface area (Å²) >= 11 is 0. The number of aromatic nitrogens is 2. The van der Waals surface area contributed by atoms with Crippen molar-refractivity contribution in [2.75, 3.05) is 9.80 Å². The lowest BCUT2D eigenvalue weighted by Crippen LogP contribution is -2.09. The molecule has 0 spiro atoms. The predicted octanol–water partition coefficient (Wildman–Crippen LogP) is 30.1. The van der Waals surface area contributed by atoms with E-state index in [9.17, 15) is 0 Å². The molecule has 0 bridgehead atoms. The number of rotatable bonds is 13. The molecule has 0 fully saturated rings. The SMILES string of the molecule is c1ccc(N(c2ccc(-c3ccc4ccc(-n5c6ccc(-c7cccc(-c8ccc(N(c9ccc(-c%10ccc%11ccc(-n%12c%13ccccc%13c%13c%14ccccc%14ccc%13%12)cc%11c%10)cc9)c9ccc%10ccccc%10c9)cc8)c7)cc6c6c7ccccc7ccc65)cc4c3)cc2)c2ccc(-c3cccc4ccccc34)cc2)cc1. The number of benzene rings is 20. The van der Waals surface area contributed by atoms with E-state index in [1.165, 1.54) is 131 Å². The van der Waals surface area contributed by atoms with E-state index in [1.807, 2.05) is 0 Å². The number of hydrogen-bond acceptors (Lipinski definition) is 2. The van der Waals surface area contributed by atoms with E-state index in [0.717, 1.165) is 78.8 Å². The Balaban J connectivity index is 0.565. The summed E-state index contributed by atoms with van der Waals surface area (Å²) in [7, 11) is 0. The molecule has 2 heterocycles. The highest BCUT2D eigenvalue weighted by molar-refractivity contribution is 6.23. The van der Waals surface area contributed by atoms with Crippen molar-refractivity contribution in [2.45, 2.75) is 0 Å². The van der Waals surface area contributed by atoms with Gasteiger partial charge < -0.3 is 18.9 Å². The van der Waals surface area contributed by atoms with Crippen molar-refractivity contribution in [3.63, 3.8) is 0 Å². The second-order valence-electron chi connectivity index (χ2n) is 29.6. The minimum Gasteiger partial charge on any atom is -0.311 e. The van der Waals surface area contributed by atoms with Crippen LogP contribution in [0.5, 0.6) is 0 Å². The zero-order valence-corrected chi connectivity index (χ0v) is 61.2. The Labute approximate surface area is 648 Å². The second-order valence-corrected chi connectivity index (χ2v) is 29.6. The van der Waals surface area contributed by atoms with Crippen molar-refractivity contribution in [1.82, 2.24) is 9.13 Å². The zero-order valence-electron chi connectivity index (χ0n) is 61.2. The van der Waals surface area contributed by atoms with Gasteiger partial charge in [-0.1, -0.05) is 279 Å². The van der Waals surface area contributed by atoms with Gasteiger partial charge in [0.15, 0.2) is 0 Å². The van der Waals surface area contributed by atoms with Gasteiger partial charge >= 0.3 is 0 Å². The topological polar surface area (TPSA) is 16.3 Å². The molecule has 0 amide bonds. The summed E-state index contributed by atoms with van der Waals surface area (Å²) in [6.07, 6.45) is 0. The largest absolute Gasteiger partial charge is 0.311 e. The number of nitrogens with zero attached hydrogens (tertiary/aromatic N) is 4. The molecule has 22 aromatic rings. The summed E-state index contributed by atoms with van der Waals surface area (Å²) < 4.78 is 4.90. The molecule has 0 saturated carbocycles. The molecular weight excluding hydrogens is 1350 g/mol. The van der Waals surface area contributed by atoms with Crippen LogP contribution >= 0.6 is 0 Å². The van der Waals surface area contributed by atoms with Crippen LogP contribution in [0.2, 0.25) is 0 Å². The fourth-order valence-corrected chi connectivity index (χ4v) is 17.7. The smallest absolute Gasteiger partial charge is 0.0547 e. The van der Waals surface area contributed by atoms with E-state index in [1.54, 1.807) is 0 Å². The van der Waals surface area contributed by atoms with Crippen molar-refractivity contribution in [2.24, 2.45) is 0 Å². The lowest BCUT2D eigenvalue weighted by molar-refractivity contribution is 1.19. The molecule has 0 saturated heterocycles. The third kappa shape index (κ3) is 11.1. The highest BCUT2D eigenvalue weighted by atomic mass is 15.1. The van der Waals surface area contributed by atoms with Crippen LogP contribution in [0.1, 0.15) is 0 Å². The molecule has 0 aliphatic rings. The molecule has 2 aromatic heterocycles. The fourth-order valence-electron chi connectivity index (χ4n) is 17.7. The zero-order chi connectivity index (χ0) is 73.7. The van der Waals surface area contributed by atoms with Crippen LogP contribution in [0.15, 0.2) is 425 Å². The maximum Gasteiger partial charge on any atom is 0.0547 e. The van der Waals surface area contributed by atoms with Crippen molar-refractivity contribution < 1.29 is 0 Å². The van der Waals surface area contributed by atoms with Crippen molar-refractivity contribution >= 4 is 142 Å². The van der Waals surface area contributed by atoms with E-state index in [-0.39, 0.29) is 0 Å². The molecule has 22 rings (SSSR count). The van der Waals surface area contributed by atoms with E-state index in [4.69, 9.17) is 0 Å². The van der Waals surface area contributed by atoms with Gasteiger partial charge in [-0.25, -0.2) is 0 Å². The van der Waals surface area contributed by atoms with Crippen LogP contribution in [0.4, 0.5) is 34.1 Å². The first-order valence-corrected chi connectivity index (χ1v) is 38.6. The van der Waals surface area contributed by atoms with E-state index < -0.39 is 0 Å². The summed E-state index contributed by atoms with van der Waals surface area (Å²) in [5.41, 5.74) is 25.3. The number of para-hydroxylation sites is 2. The fraction of sp³-hybridized carbons (Fsp3) is 0. The van der Waals surface area contributed by atoms with E-state index in [2.05, 4.69) is 444 Å². The Kier molecular flexibility index (Phi) is 15.2. The van der Waals surface area contributed by atoms with Gasteiger partial charge in [0.05, 0.1) is 22.1 Å². The van der Waals surface area contributed by atoms with Crippen LogP contribution in [-0.4, -0.2) is 9.13 Å². The van der Waals surface area contributed by atoms with Gasteiger partial charge in [0.1, 0.15) is 0 Å². The summed E-state index contributed by atoms with van der Waals surface area (Å²) in [6.45, 7) is 0. The molecule has 4 nitrogen and oxygen atoms in total. The molecule has 0 radical (unpaired) electrons. The molecule has 20 aromatic carbocycles. The third-order valence-corrected chi connectivity index (χ3v) is 23.2. The Hall–Kier alpha value is -14.8. The van der Waals surface area contributed by atoms with Crippen LogP contribution < -0.4 is 9.80 Å². The molecule has 0 unspecified atom stereocenters. The average Bonchev–Trinajstić information content (AvgIpc) is 1.58. The first-order chi connectivity index (χ1) is 55.5. The van der Waals surface area contributed by atoms with Gasteiger partial charge in [0.2, 0.25) is 0 Å². The van der Waals surface area contributed by atoms with Crippen LogP contribution in [0.25, 0.3) is 175 Å². The molecule has 4 heteroatoms. The van der Waals surface area contributed by atoms with Gasteiger partial charge in [-0.2, -0.15) is 0 Å². The monoisotopic (exact) mass is 1420 g/mol.